The van der Waals surface area contributed by atoms with Crippen molar-refractivity contribution in [3.8, 4) is 0 Å². The molecule has 21 heavy (non-hydrogen) atoms. The van der Waals surface area contributed by atoms with Gasteiger partial charge in [0.25, 0.3) is 0 Å². The van der Waals surface area contributed by atoms with Gasteiger partial charge in [-0.05, 0) is 32.1 Å². The minimum absolute atomic E-state index is 0.0379. The van der Waals surface area contributed by atoms with Gasteiger partial charge < -0.3 is 9.99 Å². The molecule has 0 aromatic rings. The van der Waals surface area contributed by atoms with Crippen LogP contribution in [0.5, 0.6) is 0 Å². The fraction of sp³-hybridized carbons (Fsp3) is 0.600. The number of nitrogens with zero attached hydrogens (tertiary/aromatic N) is 2. The van der Waals surface area contributed by atoms with Crippen molar-refractivity contribution in [2.24, 2.45) is 5.84 Å². The quantitative estimate of drug-likeness (QED) is 0.659. The van der Waals surface area contributed by atoms with Crippen LogP contribution in [0.1, 0.15) is 55.1 Å². The van der Waals surface area contributed by atoms with E-state index in [0.717, 1.165) is 22.9 Å². The molecule has 2 aliphatic carbocycles. The first-order valence-corrected chi connectivity index (χ1v) is 8.64. The first-order valence-electron chi connectivity index (χ1n) is 7.83. The van der Waals surface area contributed by atoms with Crippen LogP contribution in [0, 0.1) is 10.0 Å². The molecule has 0 unspecified atom stereocenters. The van der Waals surface area contributed by atoms with Gasteiger partial charge >= 0.3 is 0 Å². The van der Waals surface area contributed by atoms with E-state index in [4.69, 9.17) is 5.84 Å². The molecule has 0 radical (unpaired) electrons. The smallest absolute Gasteiger partial charge is 0.248 e. The molecule has 4 aliphatic rings. The molecule has 2 aliphatic heterocycles. The summed E-state index contributed by atoms with van der Waals surface area (Å²) in [5.41, 5.74) is 3.80. The third-order valence-corrected chi connectivity index (χ3v) is 5.98. The Hall–Kier alpha value is -1.40. The van der Waals surface area contributed by atoms with E-state index >= 15 is 0 Å². The summed E-state index contributed by atoms with van der Waals surface area (Å²) in [6, 6.07) is 0.462. The summed E-state index contributed by atoms with van der Waals surface area (Å²) in [6.07, 6.45) is 9.60. The van der Waals surface area contributed by atoms with Crippen LogP contribution < -0.4 is 16.7 Å². The lowest BCUT2D eigenvalue weighted by atomic mass is 9.95. The molecule has 1 saturated carbocycles. The Balaban J connectivity index is 2.03. The third-order valence-electron chi connectivity index (χ3n) is 4.81. The van der Waals surface area contributed by atoms with Crippen LogP contribution >= 0.6 is 11.3 Å². The number of hydrogen-bond donors (Lipinski definition) is 2. The summed E-state index contributed by atoms with van der Waals surface area (Å²) >= 11 is 1.68. The fourth-order valence-electron chi connectivity index (χ4n) is 3.85. The molecular weight excluding hydrogens is 284 g/mol. The van der Waals surface area contributed by atoms with Gasteiger partial charge in [0, 0.05) is 16.6 Å². The van der Waals surface area contributed by atoms with Gasteiger partial charge in [-0.2, -0.15) is 0 Å². The van der Waals surface area contributed by atoms with Crippen molar-refractivity contribution in [2.45, 2.75) is 57.4 Å². The molecule has 0 aromatic heterocycles. The zero-order valence-electron chi connectivity index (χ0n) is 12.0. The lowest BCUT2D eigenvalue weighted by Crippen LogP contribution is -2.22. The maximum atomic E-state index is 12.6. The van der Waals surface area contributed by atoms with Crippen molar-refractivity contribution >= 4 is 17.2 Å². The van der Waals surface area contributed by atoms with Crippen molar-refractivity contribution in [2.75, 3.05) is 5.43 Å². The van der Waals surface area contributed by atoms with Crippen LogP contribution in [0.4, 0.5) is 5.82 Å². The Kier molecular flexibility index (Phi) is 3.23. The van der Waals surface area contributed by atoms with Crippen LogP contribution in [-0.4, -0.2) is 9.55 Å². The number of rotatable bonds is 2. The monoisotopic (exact) mass is 304 g/mol. The number of nitrogens with two attached hydrogens (primary N) is 1. The zero-order chi connectivity index (χ0) is 14.4. The van der Waals surface area contributed by atoms with Gasteiger partial charge in [0.05, 0.1) is 0 Å². The van der Waals surface area contributed by atoms with E-state index in [0.29, 0.717) is 6.04 Å². The molecule has 2 heterocycles. The number of fused-ring (bicyclic) bond motifs is 1. The van der Waals surface area contributed by atoms with E-state index in [9.17, 15) is 4.79 Å². The zero-order valence-corrected chi connectivity index (χ0v) is 12.8. The molecule has 0 spiro atoms. The largest absolute Gasteiger partial charge is 0.335 e. The Labute approximate surface area is 126 Å². The Morgan fingerprint density at radius 3 is 2.76 bits per heavy atom. The normalized spacial score (nSPS) is 19.1. The van der Waals surface area contributed by atoms with Crippen LogP contribution in [0.15, 0.2) is 4.79 Å². The summed E-state index contributed by atoms with van der Waals surface area (Å²) in [4.78, 5) is 18.4. The number of aromatic nitrogens is 2. The third kappa shape index (κ3) is 2.00. The molecule has 0 amide bonds. The molecule has 4 rings (SSSR count). The summed E-state index contributed by atoms with van der Waals surface area (Å²) in [6.45, 7) is 0. The van der Waals surface area contributed by atoms with E-state index in [2.05, 4.69) is 15.0 Å². The van der Waals surface area contributed by atoms with Gasteiger partial charge in [-0.25, -0.2) is 10.8 Å². The second-order valence-electron chi connectivity index (χ2n) is 6.07. The predicted molar refractivity (Wildman–Crippen MR) is 83.6 cm³/mol. The molecule has 0 aromatic carbocycles. The lowest BCUT2D eigenvalue weighted by Gasteiger charge is -2.27. The summed E-state index contributed by atoms with van der Waals surface area (Å²) in [5, 5.41) is 0.778. The van der Waals surface area contributed by atoms with Gasteiger partial charge in [0.15, 0.2) is 5.82 Å². The molecule has 0 bridgehead atoms. The number of aryl methyl sites for hydroxylation is 1. The molecule has 1 fully saturated rings. The van der Waals surface area contributed by atoms with Crippen LogP contribution in [-0.2, 0) is 12.8 Å². The van der Waals surface area contributed by atoms with E-state index in [-0.39, 0.29) is 11.2 Å². The average Bonchev–Trinajstić information content (AvgIpc) is 3.10. The van der Waals surface area contributed by atoms with Gasteiger partial charge in [-0.1, -0.05) is 19.3 Å². The highest BCUT2D eigenvalue weighted by atomic mass is 32.1. The summed E-state index contributed by atoms with van der Waals surface area (Å²) in [5.74, 6) is 5.74. The number of hydrogen-bond acceptors (Lipinski definition) is 5. The van der Waals surface area contributed by atoms with E-state index in [1.54, 1.807) is 11.3 Å². The average molecular weight is 304 g/mol. The van der Waals surface area contributed by atoms with Crippen molar-refractivity contribution < 1.29 is 0 Å². The SMILES string of the molecule is NNc1nc2sc3c(n(C4CCCCC4)c=2c1=O)CCC3. The van der Waals surface area contributed by atoms with Gasteiger partial charge in [-0.15, -0.1) is 11.3 Å². The van der Waals surface area contributed by atoms with Crippen molar-refractivity contribution in [1.82, 2.24) is 9.55 Å². The van der Waals surface area contributed by atoms with Gasteiger partial charge in [0.2, 0.25) is 5.43 Å². The van der Waals surface area contributed by atoms with Crippen molar-refractivity contribution in [3.63, 3.8) is 0 Å². The highest BCUT2D eigenvalue weighted by Crippen LogP contribution is 2.34. The topological polar surface area (TPSA) is 72.9 Å². The summed E-state index contributed by atoms with van der Waals surface area (Å²) in [7, 11) is 0. The molecule has 3 N–H and O–H groups in total. The number of hydrazine groups is 1. The second-order valence-corrected chi connectivity index (χ2v) is 7.16. The summed E-state index contributed by atoms with van der Waals surface area (Å²) < 4.78 is 3.18. The first-order chi connectivity index (χ1) is 10.3. The van der Waals surface area contributed by atoms with E-state index < -0.39 is 0 Å². The number of nitrogens with one attached hydrogen (secondary N) is 1. The van der Waals surface area contributed by atoms with Gasteiger partial charge in [0.1, 0.15) is 10.0 Å². The minimum Gasteiger partial charge on any atom is -0.335 e. The Morgan fingerprint density at radius 1 is 1.19 bits per heavy atom. The van der Waals surface area contributed by atoms with Crippen LogP contribution in [0.2, 0.25) is 0 Å². The maximum Gasteiger partial charge on any atom is 0.248 e. The first kappa shape index (κ1) is 13.3. The van der Waals surface area contributed by atoms with E-state index in [1.165, 1.54) is 49.1 Å². The Morgan fingerprint density at radius 2 is 2.00 bits per heavy atom. The van der Waals surface area contributed by atoms with Gasteiger partial charge in [-0.3, -0.25) is 4.79 Å². The Bertz CT molecular complexity index is 787. The molecule has 112 valence electrons. The maximum absolute atomic E-state index is 12.6. The number of anilines is 1. The highest BCUT2D eigenvalue weighted by molar-refractivity contribution is 7.09. The van der Waals surface area contributed by atoms with Crippen molar-refractivity contribution in [1.29, 1.82) is 0 Å². The number of nitrogen functional groups attached to an aromatic ring is 1. The standard InChI is InChI=1S/C15H20N4OS/c16-18-14-13(20)12-15(17-14)21-11-8-4-7-10(11)19(12)9-5-2-1-3-6-9/h9H,1-8,16H2,(H,17,18,20). The highest BCUT2D eigenvalue weighted by Gasteiger charge is 2.25. The second kappa shape index (κ2) is 5.10. The molecular formula is C15H20N4OS. The van der Waals surface area contributed by atoms with E-state index in [1.807, 2.05) is 0 Å². The molecule has 5 nitrogen and oxygen atoms in total. The van der Waals surface area contributed by atoms with Crippen LogP contribution in [0.3, 0.4) is 0 Å². The predicted octanol–water partition coefficient (Wildman–Crippen LogP) is 2.31. The lowest BCUT2D eigenvalue weighted by molar-refractivity contribution is 0.341. The molecule has 0 atom stereocenters. The van der Waals surface area contributed by atoms with Crippen molar-refractivity contribution in [3.05, 3.63) is 30.8 Å². The minimum atomic E-state index is -0.0379. The fourth-order valence-corrected chi connectivity index (χ4v) is 5.08. The molecule has 0 saturated heterocycles. The van der Waals surface area contributed by atoms with Crippen LogP contribution in [0.25, 0.3) is 0 Å². The molecule has 6 heteroatoms.